The molecule has 0 radical (unpaired) electrons. The molecule has 1 saturated carbocycles. The first-order valence-corrected chi connectivity index (χ1v) is 7.38. The van der Waals surface area contributed by atoms with E-state index in [-0.39, 0.29) is 17.9 Å². The number of carbonyl (C=O) groups is 1. The van der Waals surface area contributed by atoms with E-state index in [1.165, 1.54) is 0 Å². The van der Waals surface area contributed by atoms with E-state index in [4.69, 9.17) is 4.74 Å². The fourth-order valence-electron chi connectivity index (χ4n) is 2.54. The topological polar surface area (TPSA) is 58.6 Å². The number of amides is 1. The Hall–Kier alpha value is -1.55. The van der Waals surface area contributed by atoms with Crippen LogP contribution >= 0.6 is 0 Å². The van der Waals surface area contributed by atoms with E-state index < -0.39 is 0 Å². The highest BCUT2D eigenvalue weighted by molar-refractivity contribution is 5.75. The number of ether oxygens (including phenoxy) is 1. The molecule has 20 heavy (non-hydrogen) atoms. The van der Waals surface area contributed by atoms with Crippen LogP contribution in [0.5, 0.6) is 5.75 Å². The highest BCUT2D eigenvalue weighted by Crippen LogP contribution is 2.23. The predicted octanol–water partition coefficient (Wildman–Crippen LogP) is 2.12. The zero-order chi connectivity index (χ0) is 14.2. The van der Waals surface area contributed by atoms with Crippen LogP contribution in [-0.2, 0) is 4.79 Å². The van der Waals surface area contributed by atoms with Gasteiger partial charge in [0, 0.05) is 12.5 Å². The molecule has 110 valence electrons. The van der Waals surface area contributed by atoms with Gasteiger partial charge in [-0.15, -0.1) is 0 Å². The van der Waals surface area contributed by atoms with Gasteiger partial charge in [0.15, 0.2) is 0 Å². The molecule has 0 heterocycles. The van der Waals surface area contributed by atoms with Crippen LogP contribution in [0.2, 0.25) is 0 Å². The van der Waals surface area contributed by atoms with Crippen molar-refractivity contribution in [3.05, 3.63) is 30.3 Å². The van der Waals surface area contributed by atoms with Crippen LogP contribution in [0.3, 0.4) is 0 Å². The summed E-state index contributed by atoms with van der Waals surface area (Å²) in [6.07, 6.45) is 4.19. The molecule has 2 unspecified atom stereocenters. The normalized spacial score (nSPS) is 22.2. The second-order valence-corrected chi connectivity index (χ2v) is 5.33. The van der Waals surface area contributed by atoms with Crippen molar-refractivity contribution in [2.24, 2.45) is 5.92 Å². The van der Waals surface area contributed by atoms with Crippen LogP contribution in [0.15, 0.2) is 30.3 Å². The Morgan fingerprint density at radius 1 is 1.25 bits per heavy atom. The molecule has 1 aliphatic rings. The molecule has 1 fully saturated rings. The first kappa shape index (κ1) is 14.9. The molecule has 4 heteroatoms. The fourth-order valence-corrected chi connectivity index (χ4v) is 2.54. The van der Waals surface area contributed by atoms with Gasteiger partial charge >= 0.3 is 0 Å². The summed E-state index contributed by atoms with van der Waals surface area (Å²) in [6, 6.07) is 9.47. The van der Waals surface area contributed by atoms with Gasteiger partial charge in [-0.1, -0.05) is 31.0 Å². The van der Waals surface area contributed by atoms with Crippen molar-refractivity contribution >= 4 is 5.91 Å². The number of hydrogen-bond acceptors (Lipinski definition) is 3. The molecule has 1 amide bonds. The maximum Gasteiger partial charge on any atom is 0.223 e. The standard InChI is InChI=1S/C16H23NO3/c18-15-9-5-4-6-13(15)12-17-16(19)10-11-20-14-7-2-1-3-8-14/h1-3,7-8,13,15,18H,4-6,9-12H2,(H,17,19). The molecule has 1 aromatic rings. The third-order valence-corrected chi connectivity index (χ3v) is 3.77. The van der Waals surface area contributed by atoms with Crippen molar-refractivity contribution in [1.82, 2.24) is 5.32 Å². The second kappa shape index (κ2) is 7.90. The molecule has 0 bridgehead atoms. The highest BCUT2D eigenvalue weighted by Gasteiger charge is 2.23. The van der Waals surface area contributed by atoms with E-state index in [1.807, 2.05) is 30.3 Å². The average Bonchev–Trinajstić information content (AvgIpc) is 2.47. The number of aliphatic hydroxyl groups is 1. The van der Waals surface area contributed by atoms with E-state index in [9.17, 15) is 9.90 Å². The molecule has 0 spiro atoms. The van der Waals surface area contributed by atoms with Gasteiger partial charge in [0.25, 0.3) is 0 Å². The van der Waals surface area contributed by atoms with Crippen molar-refractivity contribution in [1.29, 1.82) is 0 Å². The summed E-state index contributed by atoms with van der Waals surface area (Å²) >= 11 is 0. The predicted molar refractivity (Wildman–Crippen MR) is 77.5 cm³/mol. The van der Waals surface area contributed by atoms with Crippen molar-refractivity contribution in [2.45, 2.75) is 38.2 Å². The zero-order valence-corrected chi connectivity index (χ0v) is 11.8. The molecular formula is C16H23NO3. The molecule has 2 rings (SSSR count). The summed E-state index contributed by atoms with van der Waals surface area (Å²) in [6.45, 7) is 0.953. The third-order valence-electron chi connectivity index (χ3n) is 3.77. The fraction of sp³-hybridized carbons (Fsp3) is 0.562. The molecule has 4 nitrogen and oxygen atoms in total. The van der Waals surface area contributed by atoms with Gasteiger partial charge in [-0.3, -0.25) is 4.79 Å². The summed E-state index contributed by atoms with van der Waals surface area (Å²) in [5.74, 6) is 0.976. The Morgan fingerprint density at radius 2 is 2.00 bits per heavy atom. The van der Waals surface area contributed by atoms with Gasteiger partial charge in [-0.2, -0.15) is 0 Å². The number of aliphatic hydroxyl groups excluding tert-OH is 1. The minimum absolute atomic E-state index is 0.0151. The summed E-state index contributed by atoms with van der Waals surface area (Å²) in [7, 11) is 0. The van der Waals surface area contributed by atoms with Crippen molar-refractivity contribution in [3.63, 3.8) is 0 Å². The SMILES string of the molecule is O=C(CCOc1ccccc1)NCC1CCCCC1O. The Labute approximate surface area is 120 Å². The van der Waals surface area contributed by atoms with Crippen LogP contribution in [-0.4, -0.2) is 30.3 Å². The van der Waals surface area contributed by atoms with Crippen molar-refractivity contribution < 1.29 is 14.6 Å². The number of hydrogen-bond donors (Lipinski definition) is 2. The Kier molecular flexibility index (Phi) is 5.87. The number of para-hydroxylation sites is 1. The van der Waals surface area contributed by atoms with Gasteiger partial charge in [-0.05, 0) is 25.0 Å². The van der Waals surface area contributed by atoms with Crippen LogP contribution in [0, 0.1) is 5.92 Å². The quantitative estimate of drug-likeness (QED) is 0.837. The molecule has 0 aliphatic heterocycles. The van der Waals surface area contributed by atoms with Gasteiger partial charge in [-0.25, -0.2) is 0 Å². The minimum atomic E-state index is -0.260. The third kappa shape index (κ3) is 4.85. The van der Waals surface area contributed by atoms with Gasteiger partial charge < -0.3 is 15.2 Å². The van der Waals surface area contributed by atoms with E-state index in [1.54, 1.807) is 0 Å². The number of carbonyl (C=O) groups excluding carboxylic acids is 1. The van der Waals surface area contributed by atoms with Crippen LogP contribution in [0.25, 0.3) is 0 Å². The molecule has 2 atom stereocenters. The van der Waals surface area contributed by atoms with E-state index in [2.05, 4.69) is 5.32 Å². The number of rotatable bonds is 6. The maximum absolute atomic E-state index is 11.7. The minimum Gasteiger partial charge on any atom is -0.493 e. The molecule has 0 saturated heterocycles. The number of benzene rings is 1. The van der Waals surface area contributed by atoms with Crippen molar-refractivity contribution in [2.75, 3.05) is 13.2 Å². The van der Waals surface area contributed by atoms with Crippen molar-refractivity contribution in [3.8, 4) is 5.75 Å². The first-order chi connectivity index (χ1) is 9.75. The van der Waals surface area contributed by atoms with Crippen LogP contribution in [0.4, 0.5) is 0 Å². The van der Waals surface area contributed by atoms with Crippen LogP contribution in [0.1, 0.15) is 32.1 Å². The molecule has 0 aromatic heterocycles. The van der Waals surface area contributed by atoms with Gasteiger partial charge in [0.1, 0.15) is 5.75 Å². The van der Waals surface area contributed by atoms with Gasteiger partial charge in [0.2, 0.25) is 5.91 Å². The van der Waals surface area contributed by atoms with Gasteiger partial charge in [0.05, 0.1) is 19.1 Å². The van der Waals surface area contributed by atoms with E-state index >= 15 is 0 Å². The largest absolute Gasteiger partial charge is 0.493 e. The summed E-state index contributed by atoms with van der Waals surface area (Å²) in [5.41, 5.74) is 0. The maximum atomic E-state index is 11.7. The lowest BCUT2D eigenvalue weighted by molar-refractivity contribution is -0.122. The first-order valence-electron chi connectivity index (χ1n) is 7.38. The molecule has 1 aliphatic carbocycles. The summed E-state index contributed by atoms with van der Waals surface area (Å²) in [5, 5.41) is 12.7. The highest BCUT2D eigenvalue weighted by atomic mass is 16.5. The molecule has 1 aromatic carbocycles. The summed E-state index contributed by atoms with van der Waals surface area (Å²) < 4.78 is 5.48. The lowest BCUT2D eigenvalue weighted by atomic mass is 9.86. The molecule has 2 N–H and O–H groups in total. The Balaban J connectivity index is 1.60. The lowest BCUT2D eigenvalue weighted by Crippen LogP contribution is -2.37. The monoisotopic (exact) mass is 277 g/mol. The second-order valence-electron chi connectivity index (χ2n) is 5.33. The van der Waals surface area contributed by atoms with E-state index in [0.717, 1.165) is 31.4 Å². The smallest absolute Gasteiger partial charge is 0.223 e. The summed E-state index contributed by atoms with van der Waals surface area (Å²) in [4.78, 5) is 11.7. The van der Waals surface area contributed by atoms with E-state index in [0.29, 0.717) is 19.6 Å². The Bertz CT molecular complexity index is 407. The lowest BCUT2D eigenvalue weighted by Gasteiger charge is -2.27. The number of nitrogens with one attached hydrogen (secondary N) is 1. The molecular weight excluding hydrogens is 254 g/mol. The zero-order valence-electron chi connectivity index (χ0n) is 11.8. The van der Waals surface area contributed by atoms with Crippen LogP contribution < -0.4 is 10.1 Å². The average molecular weight is 277 g/mol. The Morgan fingerprint density at radius 3 is 2.75 bits per heavy atom.